The van der Waals surface area contributed by atoms with Gasteiger partial charge in [-0.1, -0.05) is 35.9 Å². The van der Waals surface area contributed by atoms with E-state index in [-0.39, 0.29) is 11.2 Å². The molecular weight excluding hydrogens is 278 g/mol. The van der Waals surface area contributed by atoms with Crippen molar-refractivity contribution in [2.75, 3.05) is 6.54 Å². The molecule has 1 unspecified atom stereocenters. The van der Waals surface area contributed by atoms with Crippen molar-refractivity contribution in [1.82, 2.24) is 5.32 Å². The van der Waals surface area contributed by atoms with Crippen LogP contribution in [-0.4, -0.2) is 12.5 Å². The predicted molar refractivity (Wildman–Crippen MR) is 78.8 cm³/mol. The van der Waals surface area contributed by atoms with Gasteiger partial charge in [0.1, 0.15) is 0 Å². The van der Waals surface area contributed by atoms with Crippen LogP contribution in [-0.2, 0) is 0 Å². The first-order valence-electron chi connectivity index (χ1n) is 6.03. The number of nitrogens with one attached hydrogen (secondary N) is 1. The van der Waals surface area contributed by atoms with Crippen molar-refractivity contribution in [2.45, 2.75) is 10.1 Å². The van der Waals surface area contributed by atoms with Crippen LogP contribution in [0.1, 0.15) is 21.2 Å². The summed E-state index contributed by atoms with van der Waals surface area (Å²) in [6.07, 6.45) is 0. The van der Waals surface area contributed by atoms with Crippen LogP contribution >= 0.6 is 23.4 Å². The van der Waals surface area contributed by atoms with E-state index < -0.39 is 0 Å². The van der Waals surface area contributed by atoms with Crippen LogP contribution in [0.4, 0.5) is 0 Å². The van der Waals surface area contributed by atoms with Crippen LogP contribution in [0.3, 0.4) is 0 Å². The first-order chi connectivity index (χ1) is 9.24. The minimum atomic E-state index is -0.000404. The third-order valence-electron chi connectivity index (χ3n) is 3.09. The third kappa shape index (κ3) is 2.62. The zero-order valence-electron chi connectivity index (χ0n) is 10.1. The Kier molecular flexibility index (Phi) is 3.49. The zero-order chi connectivity index (χ0) is 13.2. The lowest BCUT2D eigenvalue weighted by molar-refractivity contribution is 0.0952. The summed E-state index contributed by atoms with van der Waals surface area (Å²) >= 11 is 7.62. The van der Waals surface area contributed by atoms with E-state index in [1.165, 1.54) is 5.56 Å². The van der Waals surface area contributed by atoms with Crippen LogP contribution in [0, 0.1) is 0 Å². The van der Waals surface area contributed by atoms with E-state index in [1.54, 1.807) is 11.8 Å². The molecule has 0 bridgehead atoms. The average Bonchev–Trinajstić information content (AvgIpc) is 2.60. The molecule has 1 heterocycles. The van der Waals surface area contributed by atoms with Crippen LogP contribution in [0.25, 0.3) is 0 Å². The van der Waals surface area contributed by atoms with E-state index >= 15 is 0 Å². The van der Waals surface area contributed by atoms with Crippen LogP contribution in [0.15, 0.2) is 53.4 Å². The van der Waals surface area contributed by atoms with Gasteiger partial charge in [0.2, 0.25) is 0 Å². The molecule has 0 aliphatic carbocycles. The first kappa shape index (κ1) is 12.6. The largest absolute Gasteiger partial charge is 0.351 e. The Balaban J connectivity index is 1.94. The molecule has 1 aliphatic rings. The second-order valence-corrected chi connectivity index (χ2v) is 6.05. The molecule has 19 heavy (non-hydrogen) atoms. The second kappa shape index (κ2) is 5.27. The molecule has 1 aliphatic heterocycles. The molecule has 1 N–H and O–H groups in total. The standard InChI is InChI=1S/C15H12ClNOS/c16-11-7-5-10(6-8-11)14-9-17-15(18)12-3-1-2-4-13(12)19-14/h1-8,14H,9H2,(H,17,18). The molecule has 0 radical (unpaired) electrons. The number of hydrogen-bond acceptors (Lipinski definition) is 2. The van der Waals surface area contributed by atoms with E-state index in [1.807, 2.05) is 48.5 Å². The summed E-state index contributed by atoms with van der Waals surface area (Å²) in [6.45, 7) is 0.625. The highest BCUT2D eigenvalue weighted by molar-refractivity contribution is 7.99. The molecule has 3 rings (SSSR count). The zero-order valence-corrected chi connectivity index (χ0v) is 11.7. The number of amides is 1. The maximum absolute atomic E-state index is 12.0. The molecule has 2 aromatic rings. The second-order valence-electron chi connectivity index (χ2n) is 4.36. The smallest absolute Gasteiger partial charge is 0.252 e. The fourth-order valence-electron chi connectivity index (χ4n) is 2.10. The monoisotopic (exact) mass is 289 g/mol. The SMILES string of the molecule is O=C1NCC(c2ccc(Cl)cc2)Sc2ccccc21. The summed E-state index contributed by atoms with van der Waals surface area (Å²) in [4.78, 5) is 13.0. The number of rotatable bonds is 1. The fraction of sp³-hybridized carbons (Fsp3) is 0.133. The maximum Gasteiger partial charge on any atom is 0.252 e. The van der Waals surface area contributed by atoms with Gasteiger partial charge in [-0.3, -0.25) is 4.79 Å². The van der Waals surface area contributed by atoms with Gasteiger partial charge in [-0.25, -0.2) is 0 Å². The van der Waals surface area contributed by atoms with E-state index in [0.717, 1.165) is 15.5 Å². The molecule has 2 nitrogen and oxygen atoms in total. The van der Waals surface area contributed by atoms with Crippen LogP contribution < -0.4 is 5.32 Å². The van der Waals surface area contributed by atoms with E-state index in [9.17, 15) is 4.79 Å². The van der Waals surface area contributed by atoms with E-state index in [4.69, 9.17) is 11.6 Å². The van der Waals surface area contributed by atoms with Crippen molar-refractivity contribution in [3.63, 3.8) is 0 Å². The van der Waals surface area contributed by atoms with Gasteiger partial charge in [-0.05, 0) is 29.8 Å². The van der Waals surface area contributed by atoms with Crippen molar-refractivity contribution < 1.29 is 4.79 Å². The normalized spacial score (nSPS) is 18.4. The van der Waals surface area contributed by atoms with Gasteiger partial charge in [0.15, 0.2) is 0 Å². The predicted octanol–water partition coefficient (Wildman–Crippen LogP) is 3.92. The molecule has 0 spiro atoms. The van der Waals surface area contributed by atoms with Gasteiger partial charge >= 0.3 is 0 Å². The number of fused-ring (bicyclic) bond motifs is 1. The molecule has 0 aromatic heterocycles. The Hall–Kier alpha value is -1.45. The summed E-state index contributed by atoms with van der Waals surface area (Å²) in [5.41, 5.74) is 1.93. The van der Waals surface area contributed by atoms with Gasteiger partial charge in [0.05, 0.1) is 10.8 Å². The molecule has 96 valence electrons. The van der Waals surface area contributed by atoms with Gasteiger partial charge in [0.25, 0.3) is 5.91 Å². The lowest BCUT2D eigenvalue weighted by Crippen LogP contribution is -2.25. The molecule has 1 atom stereocenters. The summed E-state index contributed by atoms with van der Waals surface area (Å²) in [6, 6.07) is 15.5. The Morgan fingerprint density at radius 3 is 2.63 bits per heavy atom. The average molecular weight is 290 g/mol. The maximum atomic E-state index is 12.0. The molecule has 2 aromatic carbocycles. The highest BCUT2D eigenvalue weighted by atomic mass is 35.5. The Bertz CT molecular complexity index is 612. The lowest BCUT2D eigenvalue weighted by atomic mass is 10.1. The van der Waals surface area contributed by atoms with Crippen molar-refractivity contribution >= 4 is 29.3 Å². The fourth-order valence-corrected chi connectivity index (χ4v) is 3.43. The Labute approximate surface area is 121 Å². The summed E-state index contributed by atoms with van der Waals surface area (Å²) in [7, 11) is 0. The lowest BCUT2D eigenvalue weighted by Gasteiger charge is -2.14. The highest BCUT2D eigenvalue weighted by Crippen LogP contribution is 2.38. The number of carbonyl (C=O) groups is 1. The molecule has 0 saturated heterocycles. The quantitative estimate of drug-likeness (QED) is 0.862. The van der Waals surface area contributed by atoms with Crippen molar-refractivity contribution in [3.05, 3.63) is 64.7 Å². The summed E-state index contributed by atoms with van der Waals surface area (Å²) < 4.78 is 0. The van der Waals surface area contributed by atoms with Gasteiger partial charge in [-0.2, -0.15) is 0 Å². The first-order valence-corrected chi connectivity index (χ1v) is 7.29. The van der Waals surface area contributed by atoms with Gasteiger partial charge in [0, 0.05) is 16.5 Å². The number of carbonyl (C=O) groups excluding carboxylic acids is 1. The van der Waals surface area contributed by atoms with Gasteiger partial charge < -0.3 is 5.32 Å². The number of benzene rings is 2. The van der Waals surface area contributed by atoms with E-state index in [2.05, 4.69) is 5.32 Å². The topological polar surface area (TPSA) is 29.1 Å². The van der Waals surface area contributed by atoms with Crippen LogP contribution in [0.2, 0.25) is 5.02 Å². The highest BCUT2D eigenvalue weighted by Gasteiger charge is 2.22. The van der Waals surface area contributed by atoms with E-state index in [0.29, 0.717) is 6.54 Å². The summed E-state index contributed by atoms with van der Waals surface area (Å²) in [5.74, 6) is -0.000404. The minimum Gasteiger partial charge on any atom is -0.351 e. The van der Waals surface area contributed by atoms with Crippen molar-refractivity contribution in [3.8, 4) is 0 Å². The Morgan fingerprint density at radius 1 is 1.11 bits per heavy atom. The number of thioether (sulfide) groups is 1. The molecular formula is C15H12ClNOS. The molecule has 4 heteroatoms. The summed E-state index contributed by atoms with van der Waals surface area (Å²) in [5, 5.41) is 3.91. The van der Waals surface area contributed by atoms with Gasteiger partial charge in [-0.15, -0.1) is 11.8 Å². The third-order valence-corrected chi connectivity index (χ3v) is 4.68. The van der Waals surface area contributed by atoms with Crippen molar-refractivity contribution in [1.29, 1.82) is 0 Å². The Morgan fingerprint density at radius 2 is 1.84 bits per heavy atom. The number of hydrogen-bond donors (Lipinski definition) is 1. The van der Waals surface area contributed by atoms with Crippen molar-refractivity contribution in [2.24, 2.45) is 0 Å². The number of halogens is 1. The minimum absolute atomic E-state index is 0.000404. The molecule has 0 fully saturated rings. The molecule has 0 saturated carbocycles. The molecule has 1 amide bonds. The van der Waals surface area contributed by atoms with Crippen LogP contribution in [0.5, 0.6) is 0 Å².